The Morgan fingerprint density at radius 3 is 2.69 bits per heavy atom. The molecule has 3 nitrogen and oxygen atoms in total. The van der Waals surface area contributed by atoms with E-state index in [0.717, 1.165) is 18.5 Å². The van der Waals surface area contributed by atoms with Gasteiger partial charge in [-0.05, 0) is 25.0 Å². The molecule has 3 heteroatoms. The van der Waals surface area contributed by atoms with Gasteiger partial charge in [0.05, 0.1) is 12.1 Å². The van der Waals surface area contributed by atoms with E-state index in [0.29, 0.717) is 12.1 Å². The van der Waals surface area contributed by atoms with Gasteiger partial charge >= 0.3 is 6.03 Å². The van der Waals surface area contributed by atoms with Crippen molar-refractivity contribution in [3.63, 3.8) is 0 Å². The standard InChI is InChI=1S/C13H16N2O/c16-13-14-11-8-4-5-9-12(11)15(13)10-6-2-1-3-7-10/h1-3,6-7,11-12H,4-5,8-9H2,(H,14,16). The molecule has 16 heavy (non-hydrogen) atoms. The molecular weight excluding hydrogens is 200 g/mol. The molecule has 1 aliphatic heterocycles. The number of hydrogen-bond acceptors (Lipinski definition) is 1. The van der Waals surface area contributed by atoms with Crippen LogP contribution in [0.4, 0.5) is 10.5 Å². The molecule has 2 aliphatic rings. The molecule has 1 aromatic rings. The van der Waals surface area contributed by atoms with Crippen LogP contribution in [0.5, 0.6) is 0 Å². The fourth-order valence-corrected chi connectivity index (χ4v) is 2.86. The van der Waals surface area contributed by atoms with Crippen molar-refractivity contribution in [3.8, 4) is 0 Å². The summed E-state index contributed by atoms with van der Waals surface area (Å²) in [5.74, 6) is 0. The third kappa shape index (κ3) is 1.47. The Kier molecular flexibility index (Phi) is 2.31. The average molecular weight is 216 g/mol. The summed E-state index contributed by atoms with van der Waals surface area (Å²) in [6.07, 6.45) is 4.72. The fraction of sp³-hybridized carbons (Fsp3) is 0.462. The van der Waals surface area contributed by atoms with Crippen molar-refractivity contribution in [1.82, 2.24) is 5.32 Å². The highest BCUT2D eigenvalue weighted by Gasteiger charge is 2.40. The average Bonchev–Trinajstić information content (AvgIpc) is 2.66. The van der Waals surface area contributed by atoms with E-state index < -0.39 is 0 Å². The summed E-state index contributed by atoms with van der Waals surface area (Å²) in [7, 11) is 0. The molecule has 2 atom stereocenters. The van der Waals surface area contributed by atoms with E-state index in [1.807, 2.05) is 35.2 Å². The summed E-state index contributed by atoms with van der Waals surface area (Å²) in [6, 6.07) is 10.8. The van der Waals surface area contributed by atoms with Crippen LogP contribution in [0.3, 0.4) is 0 Å². The van der Waals surface area contributed by atoms with E-state index in [2.05, 4.69) is 5.32 Å². The number of amides is 2. The lowest BCUT2D eigenvalue weighted by atomic mass is 9.91. The lowest BCUT2D eigenvalue weighted by Crippen LogP contribution is -2.39. The fourth-order valence-electron chi connectivity index (χ4n) is 2.86. The maximum atomic E-state index is 12.0. The molecule has 1 aliphatic carbocycles. The van der Waals surface area contributed by atoms with Gasteiger partial charge < -0.3 is 5.32 Å². The summed E-state index contributed by atoms with van der Waals surface area (Å²) in [4.78, 5) is 13.9. The molecule has 2 fully saturated rings. The number of anilines is 1. The van der Waals surface area contributed by atoms with E-state index in [4.69, 9.17) is 0 Å². The van der Waals surface area contributed by atoms with Crippen molar-refractivity contribution in [2.24, 2.45) is 0 Å². The number of urea groups is 1. The zero-order valence-corrected chi connectivity index (χ0v) is 9.23. The number of hydrogen-bond donors (Lipinski definition) is 1. The molecule has 0 bridgehead atoms. The molecule has 84 valence electrons. The maximum absolute atomic E-state index is 12.0. The maximum Gasteiger partial charge on any atom is 0.322 e. The summed E-state index contributed by atoms with van der Waals surface area (Å²) in [5, 5.41) is 3.09. The van der Waals surface area contributed by atoms with Crippen molar-refractivity contribution in [1.29, 1.82) is 0 Å². The van der Waals surface area contributed by atoms with E-state index in [1.54, 1.807) is 0 Å². The monoisotopic (exact) mass is 216 g/mol. The van der Waals surface area contributed by atoms with Crippen molar-refractivity contribution in [2.45, 2.75) is 37.8 Å². The Balaban J connectivity index is 1.91. The normalized spacial score (nSPS) is 28.8. The zero-order chi connectivity index (χ0) is 11.0. The minimum Gasteiger partial charge on any atom is -0.333 e. The van der Waals surface area contributed by atoms with Gasteiger partial charge in [-0.2, -0.15) is 0 Å². The Morgan fingerprint density at radius 2 is 1.88 bits per heavy atom. The SMILES string of the molecule is O=C1NC2CCCCC2N1c1ccccc1. The first-order chi connectivity index (χ1) is 7.86. The molecule has 3 rings (SSSR count). The van der Waals surface area contributed by atoms with Crippen molar-refractivity contribution < 1.29 is 4.79 Å². The molecule has 1 saturated carbocycles. The van der Waals surface area contributed by atoms with E-state index in [9.17, 15) is 4.79 Å². The number of rotatable bonds is 1. The van der Waals surface area contributed by atoms with Crippen molar-refractivity contribution in [2.75, 3.05) is 4.90 Å². The molecule has 1 N–H and O–H groups in total. The van der Waals surface area contributed by atoms with Gasteiger partial charge in [0.1, 0.15) is 0 Å². The highest BCUT2D eigenvalue weighted by Crippen LogP contribution is 2.31. The van der Waals surface area contributed by atoms with Crippen LogP contribution in [0.25, 0.3) is 0 Å². The van der Waals surface area contributed by atoms with Crippen LogP contribution in [-0.4, -0.2) is 18.1 Å². The van der Waals surface area contributed by atoms with Gasteiger partial charge in [-0.15, -0.1) is 0 Å². The smallest absolute Gasteiger partial charge is 0.322 e. The van der Waals surface area contributed by atoms with Gasteiger partial charge in [-0.3, -0.25) is 4.90 Å². The number of benzene rings is 1. The summed E-state index contributed by atoms with van der Waals surface area (Å²) >= 11 is 0. The Morgan fingerprint density at radius 1 is 1.12 bits per heavy atom. The summed E-state index contributed by atoms with van der Waals surface area (Å²) < 4.78 is 0. The van der Waals surface area contributed by atoms with Crippen LogP contribution in [0.1, 0.15) is 25.7 Å². The van der Waals surface area contributed by atoms with Crippen molar-refractivity contribution in [3.05, 3.63) is 30.3 Å². The van der Waals surface area contributed by atoms with Crippen LogP contribution >= 0.6 is 0 Å². The molecule has 1 aromatic carbocycles. The second kappa shape index (κ2) is 3.81. The van der Waals surface area contributed by atoms with Crippen LogP contribution in [0.15, 0.2) is 30.3 Å². The predicted octanol–water partition coefficient (Wildman–Crippen LogP) is 2.53. The first-order valence-electron chi connectivity index (χ1n) is 6.01. The predicted molar refractivity (Wildman–Crippen MR) is 63.5 cm³/mol. The van der Waals surface area contributed by atoms with Gasteiger partial charge in [-0.1, -0.05) is 31.0 Å². The Hall–Kier alpha value is -1.51. The number of carbonyl (C=O) groups excluding carboxylic acids is 1. The van der Waals surface area contributed by atoms with Gasteiger partial charge in [0.15, 0.2) is 0 Å². The second-order valence-corrected chi connectivity index (χ2v) is 4.61. The number of fused-ring (bicyclic) bond motifs is 1. The largest absolute Gasteiger partial charge is 0.333 e. The summed E-state index contributed by atoms with van der Waals surface area (Å²) in [5.41, 5.74) is 1.02. The lowest BCUT2D eigenvalue weighted by Gasteiger charge is -2.29. The molecule has 2 unspecified atom stereocenters. The minimum atomic E-state index is 0.0723. The third-order valence-electron chi connectivity index (χ3n) is 3.62. The first-order valence-corrected chi connectivity index (χ1v) is 6.01. The number of nitrogens with zero attached hydrogens (tertiary/aromatic N) is 1. The van der Waals surface area contributed by atoms with Gasteiger partial charge in [0.2, 0.25) is 0 Å². The molecule has 1 saturated heterocycles. The topological polar surface area (TPSA) is 32.3 Å². The lowest BCUT2D eigenvalue weighted by molar-refractivity contribution is 0.250. The first kappa shape index (κ1) is 9.70. The summed E-state index contributed by atoms with van der Waals surface area (Å²) in [6.45, 7) is 0. The van der Waals surface area contributed by atoms with E-state index in [-0.39, 0.29) is 6.03 Å². The molecule has 1 heterocycles. The Bertz CT molecular complexity index is 390. The van der Waals surface area contributed by atoms with Gasteiger partial charge in [0, 0.05) is 5.69 Å². The van der Waals surface area contributed by atoms with Crippen LogP contribution in [0.2, 0.25) is 0 Å². The van der Waals surface area contributed by atoms with E-state index >= 15 is 0 Å². The van der Waals surface area contributed by atoms with Gasteiger partial charge in [-0.25, -0.2) is 4.79 Å². The van der Waals surface area contributed by atoms with Crippen LogP contribution < -0.4 is 10.2 Å². The minimum absolute atomic E-state index is 0.0723. The number of para-hydroxylation sites is 1. The van der Waals surface area contributed by atoms with E-state index in [1.165, 1.54) is 12.8 Å². The molecule has 0 radical (unpaired) electrons. The number of carbonyl (C=O) groups is 1. The zero-order valence-electron chi connectivity index (χ0n) is 9.23. The van der Waals surface area contributed by atoms with Crippen LogP contribution in [0, 0.1) is 0 Å². The van der Waals surface area contributed by atoms with Gasteiger partial charge in [0.25, 0.3) is 0 Å². The second-order valence-electron chi connectivity index (χ2n) is 4.61. The number of nitrogens with one attached hydrogen (secondary N) is 1. The molecule has 2 amide bonds. The highest BCUT2D eigenvalue weighted by atomic mass is 16.2. The molecular formula is C13H16N2O. The highest BCUT2D eigenvalue weighted by molar-refractivity contribution is 5.95. The molecule has 0 spiro atoms. The quantitative estimate of drug-likeness (QED) is 0.768. The molecule has 0 aromatic heterocycles. The Labute approximate surface area is 95.4 Å². The van der Waals surface area contributed by atoms with Crippen molar-refractivity contribution >= 4 is 11.7 Å². The van der Waals surface area contributed by atoms with Crippen LogP contribution in [-0.2, 0) is 0 Å². The third-order valence-corrected chi connectivity index (χ3v) is 3.62.